The first-order valence-corrected chi connectivity index (χ1v) is 6.22. The number of halogens is 1. The molecule has 0 aliphatic rings. The summed E-state index contributed by atoms with van der Waals surface area (Å²) < 4.78 is 0.541. The Bertz CT molecular complexity index is 451. The molecule has 2 N–H and O–H groups in total. The smallest absolute Gasteiger partial charge is 0.270 e. The fraction of sp³-hybridized carbons (Fsp3) is 0.364. The van der Waals surface area contributed by atoms with Crippen molar-refractivity contribution in [1.82, 2.24) is 10.6 Å². The predicted molar refractivity (Wildman–Crippen MR) is 71.7 cm³/mol. The Hall–Kier alpha value is -1.47. The predicted octanol–water partition coefficient (Wildman–Crippen LogP) is 1.70. The maximum atomic E-state index is 11.8. The average molecular weight is 316 g/mol. The van der Waals surface area contributed by atoms with Crippen LogP contribution in [-0.2, 0) is 0 Å². The molecule has 0 unspecified atom stereocenters. The van der Waals surface area contributed by atoms with Crippen LogP contribution in [0, 0.1) is 10.1 Å². The molecule has 0 bridgehead atoms. The lowest BCUT2D eigenvalue weighted by atomic mass is 10.2. The average Bonchev–Trinajstić information content (AvgIpc) is 2.34. The first kappa shape index (κ1) is 14.6. The van der Waals surface area contributed by atoms with Crippen LogP contribution in [0.1, 0.15) is 16.8 Å². The SMILES string of the molecule is CNCCCNC(=O)c1cc([N+](=O)[O-])ccc1Br. The molecule has 6 nitrogen and oxygen atoms in total. The summed E-state index contributed by atoms with van der Waals surface area (Å²) >= 11 is 3.21. The van der Waals surface area contributed by atoms with Gasteiger partial charge >= 0.3 is 0 Å². The number of nitro benzene ring substituents is 1. The van der Waals surface area contributed by atoms with E-state index in [2.05, 4.69) is 26.6 Å². The van der Waals surface area contributed by atoms with Crippen molar-refractivity contribution < 1.29 is 9.72 Å². The van der Waals surface area contributed by atoms with E-state index in [4.69, 9.17) is 0 Å². The van der Waals surface area contributed by atoms with E-state index in [0.29, 0.717) is 11.0 Å². The topological polar surface area (TPSA) is 84.3 Å². The molecule has 1 rings (SSSR count). The molecule has 0 aliphatic carbocycles. The van der Waals surface area contributed by atoms with Gasteiger partial charge in [-0.15, -0.1) is 0 Å². The van der Waals surface area contributed by atoms with E-state index in [0.717, 1.165) is 13.0 Å². The van der Waals surface area contributed by atoms with Crippen LogP contribution in [0.15, 0.2) is 22.7 Å². The molecule has 0 aromatic heterocycles. The van der Waals surface area contributed by atoms with Crippen molar-refractivity contribution in [2.45, 2.75) is 6.42 Å². The van der Waals surface area contributed by atoms with Crippen molar-refractivity contribution in [3.8, 4) is 0 Å². The molecule has 0 fully saturated rings. The number of benzene rings is 1. The lowest BCUT2D eigenvalue weighted by Gasteiger charge is -2.06. The van der Waals surface area contributed by atoms with Gasteiger partial charge in [0.05, 0.1) is 10.5 Å². The quantitative estimate of drug-likeness (QED) is 0.475. The zero-order chi connectivity index (χ0) is 13.5. The van der Waals surface area contributed by atoms with Gasteiger partial charge in [0.15, 0.2) is 0 Å². The summed E-state index contributed by atoms with van der Waals surface area (Å²) in [4.78, 5) is 21.9. The second kappa shape index (κ2) is 7.07. The van der Waals surface area contributed by atoms with Crippen LogP contribution >= 0.6 is 15.9 Å². The number of nitrogens with one attached hydrogen (secondary N) is 2. The van der Waals surface area contributed by atoms with Crippen molar-refractivity contribution in [2.75, 3.05) is 20.1 Å². The van der Waals surface area contributed by atoms with Gasteiger partial charge in [-0.25, -0.2) is 0 Å². The second-order valence-electron chi connectivity index (χ2n) is 3.63. The minimum Gasteiger partial charge on any atom is -0.352 e. The lowest BCUT2D eigenvalue weighted by molar-refractivity contribution is -0.384. The molecule has 0 saturated carbocycles. The number of amides is 1. The summed E-state index contributed by atoms with van der Waals surface area (Å²) in [6.45, 7) is 1.32. The van der Waals surface area contributed by atoms with E-state index < -0.39 is 4.92 Å². The van der Waals surface area contributed by atoms with E-state index in [1.54, 1.807) is 0 Å². The number of nitrogens with zero attached hydrogens (tertiary/aromatic N) is 1. The molecular formula is C11H14BrN3O3. The number of non-ortho nitro benzene ring substituents is 1. The van der Waals surface area contributed by atoms with Crippen LogP contribution in [0.5, 0.6) is 0 Å². The van der Waals surface area contributed by atoms with Gasteiger partial charge in [0.1, 0.15) is 0 Å². The Kier molecular flexibility index (Phi) is 5.73. The molecule has 98 valence electrons. The van der Waals surface area contributed by atoms with Crippen LogP contribution in [0.3, 0.4) is 0 Å². The number of rotatable bonds is 6. The normalized spacial score (nSPS) is 10.1. The maximum Gasteiger partial charge on any atom is 0.270 e. The zero-order valence-corrected chi connectivity index (χ0v) is 11.5. The van der Waals surface area contributed by atoms with Crippen LogP contribution < -0.4 is 10.6 Å². The number of hydrogen-bond donors (Lipinski definition) is 2. The van der Waals surface area contributed by atoms with E-state index >= 15 is 0 Å². The number of carbonyl (C=O) groups excluding carboxylic acids is 1. The standard InChI is InChI=1S/C11H14BrN3O3/c1-13-5-2-6-14-11(16)9-7-8(15(17)18)3-4-10(9)12/h3-4,7,13H,2,5-6H2,1H3,(H,14,16). The molecular weight excluding hydrogens is 302 g/mol. The van der Waals surface area contributed by atoms with Crippen molar-refractivity contribution in [3.05, 3.63) is 38.3 Å². The third-order valence-corrected chi connectivity index (χ3v) is 2.99. The monoisotopic (exact) mass is 315 g/mol. The van der Waals surface area contributed by atoms with Crippen LogP contribution in [-0.4, -0.2) is 31.0 Å². The third kappa shape index (κ3) is 4.08. The van der Waals surface area contributed by atoms with Gasteiger partial charge in [-0.2, -0.15) is 0 Å². The highest BCUT2D eigenvalue weighted by Crippen LogP contribution is 2.22. The third-order valence-electron chi connectivity index (χ3n) is 2.29. The molecule has 0 saturated heterocycles. The van der Waals surface area contributed by atoms with Crippen molar-refractivity contribution >= 4 is 27.5 Å². The summed E-state index contributed by atoms with van der Waals surface area (Å²) in [5, 5.41) is 16.3. The highest BCUT2D eigenvalue weighted by atomic mass is 79.9. The molecule has 0 atom stereocenters. The van der Waals surface area contributed by atoms with E-state index in [-0.39, 0.29) is 17.2 Å². The van der Waals surface area contributed by atoms with Gasteiger partial charge < -0.3 is 10.6 Å². The Morgan fingerprint density at radius 1 is 1.44 bits per heavy atom. The first-order chi connectivity index (χ1) is 8.56. The Labute approximate surface area is 113 Å². The summed E-state index contributed by atoms with van der Waals surface area (Å²) in [6.07, 6.45) is 0.800. The fourth-order valence-corrected chi connectivity index (χ4v) is 1.79. The fourth-order valence-electron chi connectivity index (χ4n) is 1.36. The van der Waals surface area contributed by atoms with Crippen LogP contribution in [0.2, 0.25) is 0 Å². The van der Waals surface area contributed by atoms with E-state index in [9.17, 15) is 14.9 Å². The summed E-state index contributed by atoms with van der Waals surface area (Å²) in [7, 11) is 1.83. The minimum atomic E-state index is -0.524. The molecule has 1 aromatic carbocycles. The maximum absolute atomic E-state index is 11.8. The zero-order valence-electron chi connectivity index (χ0n) is 9.90. The van der Waals surface area contributed by atoms with E-state index in [1.807, 2.05) is 7.05 Å². The number of carbonyl (C=O) groups is 1. The van der Waals surface area contributed by atoms with Crippen LogP contribution in [0.25, 0.3) is 0 Å². The van der Waals surface area contributed by atoms with Gasteiger partial charge in [-0.1, -0.05) is 0 Å². The Morgan fingerprint density at radius 2 is 2.17 bits per heavy atom. The molecule has 1 aromatic rings. The van der Waals surface area contributed by atoms with Gasteiger partial charge in [0.25, 0.3) is 11.6 Å². The summed E-state index contributed by atoms with van der Waals surface area (Å²) in [5.74, 6) is -0.318. The van der Waals surface area contributed by atoms with Gasteiger partial charge in [-0.3, -0.25) is 14.9 Å². The van der Waals surface area contributed by atoms with Crippen molar-refractivity contribution in [1.29, 1.82) is 0 Å². The first-order valence-electron chi connectivity index (χ1n) is 5.43. The lowest BCUT2D eigenvalue weighted by Crippen LogP contribution is -2.26. The second-order valence-corrected chi connectivity index (χ2v) is 4.49. The van der Waals surface area contributed by atoms with Gasteiger partial charge in [-0.05, 0) is 42.0 Å². The Balaban J connectivity index is 2.72. The molecule has 0 aliphatic heterocycles. The van der Waals surface area contributed by atoms with Gasteiger partial charge in [0.2, 0.25) is 0 Å². The molecule has 7 heteroatoms. The number of hydrogen-bond acceptors (Lipinski definition) is 4. The Morgan fingerprint density at radius 3 is 2.78 bits per heavy atom. The molecule has 1 amide bonds. The molecule has 0 spiro atoms. The highest BCUT2D eigenvalue weighted by Gasteiger charge is 2.14. The van der Waals surface area contributed by atoms with Crippen molar-refractivity contribution in [2.24, 2.45) is 0 Å². The highest BCUT2D eigenvalue weighted by molar-refractivity contribution is 9.10. The molecule has 0 radical (unpaired) electrons. The van der Waals surface area contributed by atoms with Crippen LogP contribution in [0.4, 0.5) is 5.69 Å². The van der Waals surface area contributed by atoms with Crippen molar-refractivity contribution in [3.63, 3.8) is 0 Å². The molecule has 18 heavy (non-hydrogen) atoms. The summed E-state index contributed by atoms with van der Waals surface area (Å²) in [5.41, 5.74) is 0.173. The largest absolute Gasteiger partial charge is 0.352 e. The molecule has 0 heterocycles. The minimum absolute atomic E-state index is 0.0985. The van der Waals surface area contributed by atoms with E-state index in [1.165, 1.54) is 18.2 Å². The number of nitro groups is 1. The van der Waals surface area contributed by atoms with Gasteiger partial charge in [0, 0.05) is 23.2 Å². The summed E-state index contributed by atoms with van der Waals surface area (Å²) in [6, 6.07) is 4.11.